The van der Waals surface area contributed by atoms with Crippen LogP contribution in [-0.4, -0.2) is 69.9 Å². The Balaban J connectivity index is 1.93. The standard InChI is InChI=1S/C23H26N2O7/c1-8-5-6-12(26)15-13(8)9(2)10-7-11-17(25(3)4)19(28)16(22(24)31)21(30)23(11,32)20(29)14(10)18(15)27/h5-6,9-11,14,16-17,26,32H,7H2,1-4H3,(H2,24,31)/t9-,10-,11+,14?,16?,17?,23+/m1/s1. The number of fused-ring (bicyclic) bond motifs is 3. The number of rotatable bonds is 2. The van der Waals surface area contributed by atoms with Crippen molar-refractivity contribution in [2.45, 2.75) is 37.8 Å². The number of likely N-dealkylation sites (N-methyl/N-ethyl adjacent to an activating group) is 1. The third-order valence-corrected chi connectivity index (χ3v) is 7.65. The minimum atomic E-state index is -2.70. The first-order valence-corrected chi connectivity index (χ1v) is 10.5. The first-order chi connectivity index (χ1) is 14.8. The van der Waals surface area contributed by atoms with Crippen molar-refractivity contribution >= 4 is 29.0 Å². The summed E-state index contributed by atoms with van der Waals surface area (Å²) >= 11 is 0. The summed E-state index contributed by atoms with van der Waals surface area (Å²) in [4.78, 5) is 66.7. The van der Waals surface area contributed by atoms with E-state index in [0.29, 0.717) is 5.56 Å². The maximum atomic E-state index is 13.7. The lowest BCUT2D eigenvalue weighted by molar-refractivity contribution is -0.181. The van der Waals surface area contributed by atoms with Crippen LogP contribution in [0.3, 0.4) is 0 Å². The fourth-order valence-electron chi connectivity index (χ4n) is 6.21. The number of benzene rings is 1. The number of aryl methyl sites for hydroxylation is 1. The third kappa shape index (κ3) is 2.61. The summed E-state index contributed by atoms with van der Waals surface area (Å²) in [6.45, 7) is 3.63. The molecule has 0 radical (unpaired) electrons. The van der Waals surface area contributed by atoms with Gasteiger partial charge in [-0.1, -0.05) is 13.0 Å². The molecule has 4 rings (SSSR count). The van der Waals surface area contributed by atoms with Crippen molar-refractivity contribution in [3.63, 3.8) is 0 Å². The Labute approximate surface area is 184 Å². The number of amides is 1. The molecule has 7 atom stereocenters. The second kappa shape index (κ2) is 7.05. The highest BCUT2D eigenvalue weighted by Crippen LogP contribution is 2.54. The lowest BCUT2D eigenvalue weighted by Gasteiger charge is -2.53. The Hall–Kier alpha value is -2.91. The molecule has 9 nitrogen and oxygen atoms in total. The predicted octanol–water partition coefficient (Wildman–Crippen LogP) is -0.264. The van der Waals surface area contributed by atoms with Crippen molar-refractivity contribution in [3.8, 4) is 5.75 Å². The molecule has 170 valence electrons. The fourth-order valence-corrected chi connectivity index (χ4v) is 6.21. The van der Waals surface area contributed by atoms with Crippen LogP contribution >= 0.6 is 0 Å². The normalized spacial score (nSPS) is 36.6. The lowest BCUT2D eigenvalue weighted by atomic mass is 9.50. The quantitative estimate of drug-likeness (QED) is 0.529. The van der Waals surface area contributed by atoms with Gasteiger partial charge in [-0.3, -0.25) is 28.9 Å². The van der Waals surface area contributed by atoms with Crippen LogP contribution in [-0.2, 0) is 19.2 Å². The number of nitrogens with zero attached hydrogens (tertiary/aromatic N) is 1. The topological polar surface area (TPSA) is 155 Å². The number of phenolic OH excluding ortho intramolecular Hbond substituents is 1. The van der Waals surface area contributed by atoms with Gasteiger partial charge < -0.3 is 15.9 Å². The molecule has 2 fully saturated rings. The number of nitrogens with two attached hydrogens (primary N) is 1. The molecule has 0 aliphatic heterocycles. The van der Waals surface area contributed by atoms with E-state index in [4.69, 9.17) is 5.73 Å². The smallest absolute Gasteiger partial charge is 0.235 e. The van der Waals surface area contributed by atoms with Gasteiger partial charge in [0.25, 0.3) is 0 Å². The molecule has 3 unspecified atom stereocenters. The number of primary amides is 1. The van der Waals surface area contributed by atoms with Gasteiger partial charge in [0, 0.05) is 5.92 Å². The second-order valence-electron chi connectivity index (χ2n) is 9.47. The number of ketones is 4. The Bertz CT molecular complexity index is 1090. The molecule has 2 saturated carbocycles. The van der Waals surface area contributed by atoms with E-state index < -0.39 is 64.4 Å². The molecule has 0 spiro atoms. The van der Waals surface area contributed by atoms with Gasteiger partial charge in [-0.2, -0.15) is 0 Å². The van der Waals surface area contributed by atoms with Crippen molar-refractivity contribution in [1.82, 2.24) is 4.90 Å². The molecule has 0 bridgehead atoms. The molecular weight excluding hydrogens is 416 g/mol. The summed E-state index contributed by atoms with van der Waals surface area (Å²) in [6.07, 6.45) is 0.0418. The lowest BCUT2D eigenvalue weighted by Crippen LogP contribution is -2.74. The van der Waals surface area contributed by atoms with E-state index in [-0.39, 0.29) is 23.7 Å². The Kier molecular flexibility index (Phi) is 4.91. The molecule has 0 heterocycles. The highest BCUT2D eigenvalue weighted by Gasteiger charge is 2.69. The van der Waals surface area contributed by atoms with Crippen LogP contribution in [0.4, 0.5) is 0 Å². The number of carbonyl (C=O) groups excluding carboxylic acids is 5. The number of phenols is 1. The van der Waals surface area contributed by atoms with Crippen LogP contribution in [0.1, 0.15) is 40.7 Å². The van der Waals surface area contributed by atoms with Gasteiger partial charge in [-0.25, -0.2) is 0 Å². The fraction of sp³-hybridized carbons (Fsp3) is 0.522. The zero-order valence-corrected chi connectivity index (χ0v) is 18.3. The monoisotopic (exact) mass is 442 g/mol. The largest absolute Gasteiger partial charge is 0.507 e. The van der Waals surface area contributed by atoms with Crippen LogP contribution in [0.25, 0.3) is 0 Å². The summed E-state index contributed by atoms with van der Waals surface area (Å²) in [5, 5.41) is 21.9. The maximum absolute atomic E-state index is 13.7. The van der Waals surface area contributed by atoms with Crippen molar-refractivity contribution in [2.75, 3.05) is 14.1 Å². The van der Waals surface area contributed by atoms with Gasteiger partial charge in [-0.15, -0.1) is 0 Å². The van der Waals surface area contributed by atoms with Crippen LogP contribution in [0.5, 0.6) is 5.75 Å². The van der Waals surface area contributed by atoms with Gasteiger partial charge in [0.2, 0.25) is 5.91 Å². The van der Waals surface area contributed by atoms with Crippen LogP contribution in [0.2, 0.25) is 0 Å². The van der Waals surface area contributed by atoms with Crippen LogP contribution in [0, 0.1) is 30.6 Å². The highest BCUT2D eigenvalue weighted by molar-refractivity contribution is 6.32. The molecule has 3 aliphatic rings. The zero-order chi connectivity index (χ0) is 23.9. The summed E-state index contributed by atoms with van der Waals surface area (Å²) in [6, 6.07) is 1.96. The molecule has 32 heavy (non-hydrogen) atoms. The van der Waals surface area contributed by atoms with Crippen molar-refractivity contribution in [3.05, 3.63) is 28.8 Å². The molecule has 0 aromatic heterocycles. The van der Waals surface area contributed by atoms with E-state index in [9.17, 15) is 34.2 Å². The molecule has 4 N–H and O–H groups in total. The summed E-state index contributed by atoms with van der Waals surface area (Å²) < 4.78 is 0. The van der Waals surface area contributed by atoms with Gasteiger partial charge >= 0.3 is 0 Å². The average Bonchev–Trinajstić information content (AvgIpc) is 2.69. The van der Waals surface area contributed by atoms with E-state index in [1.54, 1.807) is 27.1 Å². The molecule has 1 aromatic rings. The number of hydrogen-bond donors (Lipinski definition) is 3. The minimum Gasteiger partial charge on any atom is -0.507 e. The van der Waals surface area contributed by atoms with Crippen molar-refractivity contribution < 1.29 is 34.2 Å². The summed E-state index contributed by atoms with van der Waals surface area (Å²) in [7, 11) is 3.11. The number of Topliss-reactive ketones (excluding diaryl/α,β-unsaturated/α-hetero) is 4. The molecule has 1 aromatic carbocycles. The van der Waals surface area contributed by atoms with Crippen molar-refractivity contribution in [1.29, 1.82) is 0 Å². The highest BCUT2D eigenvalue weighted by atomic mass is 16.3. The number of aliphatic hydroxyl groups is 1. The second-order valence-corrected chi connectivity index (χ2v) is 9.47. The Morgan fingerprint density at radius 2 is 1.78 bits per heavy atom. The number of hydrogen-bond acceptors (Lipinski definition) is 8. The minimum absolute atomic E-state index is 0.0177. The van der Waals surface area contributed by atoms with E-state index >= 15 is 0 Å². The number of carbonyl (C=O) groups is 5. The molecule has 3 aliphatic carbocycles. The van der Waals surface area contributed by atoms with Gasteiger partial charge in [0.05, 0.1) is 17.5 Å². The summed E-state index contributed by atoms with van der Waals surface area (Å²) in [5.41, 5.74) is 4.02. The molecule has 9 heteroatoms. The Morgan fingerprint density at radius 3 is 2.34 bits per heavy atom. The van der Waals surface area contributed by atoms with E-state index in [2.05, 4.69) is 0 Å². The summed E-state index contributed by atoms with van der Waals surface area (Å²) in [5.74, 6) is -10.6. The van der Waals surface area contributed by atoms with Gasteiger partial charge in [-0.05, 0) is 56.5 Å². The number of aromatic hydroxyl groups is 1. The Morgan fingerprint density at radius 1 is 1.16 bits per heavy atom. The molecular formula is C23H26N2O7. The van der Waals surface area contributed by atoms with Crippen LogP contribution in [0.15, 0.2) is 12.1 Å². The SMILES string of the molecule is Cc1ccc(O)c2c1[C@H](C)[C@H]1C[C@H]3C(N(C)C)C(=O)C(C(N)=O)C(=O)[C@@]3(O)C(=O)C1C2=O. The maximum Gasteiger partial charge on any atom is 0.235 e. The third-order valence-electron chi connectivity index (χ3n) is 7.65. The molecule has 0 saturated heterocycles. The van der Waals surface area contributed by atoms with E-state index in [0.717, 1.165) is 5.56 Å². The molecule has 1 amide bonds. The first-order valence-electron chi connectivity index (χ1n) is 10.5. The van der Waals surface area contributed by atoms with E-state index in [1.165, 1.54) is 11.0 Å². The zero-order valence-electron chi connectivity index (χ0n) is 18.3. The first kappa shape index (κ1) is 22.3. The van der Waals surface area contributed by atoms with Crippen molar-refractivity contribution in [2.24, 2.45) is 29.4 Å². The predicted molar refractivity (Wildman–Crippen MR) is 111 cm³/mol. The van der Waals surface area contributed by atoms with Gasteiger partial charge in [0.15, 0.2) is 34.7 Å². The average molecular weight is 442 g/mol. The van der Waals surface area contributed by atoms with E-state index in [1.807, 2.05) is 6.92 Å². The van der Waals surface area contributed by atoms with Crippen LogP contribution < -0.4 is 5.73 Å². The van der Waals surface area contributed by atoms with Gasteiger partial charge in [0.1, 0.15) is 5.75 Å².